The van der Waals surface area contributed by atoms with E-state index in [1.165, 1.54) is 0 Å². The molecule has 110 valence electrons. The molecule has 7 heteroatoms. The van der Waals surface area contributed by atoms with Crippen LogP contribution in [0.4, 0.5) is 0 Å². The number of thioether (sulfide) groups is 1. The second kappa shape index (κ2) is 6.94. The number of aromatic amines is 1. The zero-order valence-electron chi connectivity index (χ0n) is 11.4. The van der Waals surface area contributed by atoms with Crippen LogP contribution in [0.5, 0.6) is 5.88 Å². The molecule has 0 aliphatic rings. The molecule has 0 bridgehead atoms. The summed E-state index contributed by atoms with van der Waals surface area (Å²) in [5, 5.41) is 12.3. The zero-order valence-corrected chi connectivity index (χ0v) is 12.2. The zero-order chi connectivity index (χ0) is 15.2. The van der Waals surface area contributed by atoms with Crippen LogP contribution in [-0.2, 0) is 4.79 Å². The summed E-state index contributed by atoms with van der Waals surface area (Å²) < 4.78 is 0. The first kappa shape index (κ1) is 15.1. The van der Waals surface area contributed by atoms with E-state index in [0.717, 1.165) is 23.4 Å². The number of aromatic nitrogens is 2. The van der Waals surface area contributed by atoms with Gasteiger partial charge in [0.25, 0.3) is 5.56 Å². The molecule has 1 atom stereocenters. The van der Waals surface area contributed by atoms with Crippen LogP contribution in [0, 0.1) is 0 Å². The molecule has 6 nitrogen and oxygen atoms in total. The van der Waals surface area contributed by atoms with Gasteiger partial charge in [-0.05, 0) is 12.5 Å². The summed E-state index contributed by atoms with van der Waals surface area (Å²) in [6.07, 6.45) is 0. The van der Waals surface area contributed by atoms with Crippen molar-refractivity contribution in [2.75, 3.05) is 5.75 Å². The van der Waals surface area contributed by atoms with Crippen molar-refractivity contribution in [3.8, 4) is 5.88 Å². The van der Waals surface area contributed by atoms with Gasteiger partial charge in [0.2, 0.25) is 11.8 Å². The van der Waals surface area contributed by atoms with Crippen molar-refractivity contribution in [2.45, 2.75) is 18.1 Å². The number of amides is 1. The number of nitrogens with zero attached hydrogens (tertiary/aromatic N) is 1. The van der Waals surface area contributed by atoms with E-state index in [4.69, 9.17) is 0 Å². The predicted molar refractivity (Wildman–Crippen MR) is 80.2 cm³/mol. The first-order chi connectivity index (χ1) is 10.0. The highest BCUT2D eigenvalue weighted by molar-refractivity contribution is 7.99. The minimum atomic E-state index is -0.455. The Hall–Kier alpha value is -2.28. The van der Waals surface area contributed by atoms with Crippen LogP contribution in [0.2, 0.25) is 0 Å². The van der Waals surface area contributed by atoms with E-state index in [1.54, 1.807) is 0 Å². The van der Waals surface area contributed by atoms with Crippen molar-refractivity contribution in [3.05, 3.63) is 52.3 Å². The number of carbonyl (C=O) groups excluding carboxylic acids is 1. The standard InChI is InChI=1S/C14H15N3O3S/c1-9(10-5-3-2-4-6-10)15-13(20)8-21-14-16-11(18)7-12(19)17-14/h2-7,9H,8H2,1H3,(H,15,20)(H2,16,17,18,19)/t9-/m1/s1. The molecule has 0 aliphatic carbocycles. The molecule has 0 saturated carbocycles. The van der Waals surface area contributed by atoms with Gasteiger partial charge in [-0.15, -0.1) is 0 Å². The van der Waals surface area contributed by atoms with Gasteiger partial charge in [-0.3, -0.25) is 9.59 Å². The maximum atomic E-state index is 11.9. The summed E-state index contributed by atoms with van der Waals surface area (Å²) in [6.45, 7) is 1.90. The van der Waals surface area contributed by atoms with Gasteiger partial charge in [-0.25, -0.2) is 0 Å². The topological polar surface area (TPSA) is 95.1 Å². The van der Waals surface area contributed by atoms with E-state index < -0.39 is 5.56 Å². The number of carbonyl (C=O) groups is 1. The molecule has 0 unspecified atom stereocenters. The van der Waals surface area contributed by atoms with E-state index in [0.29, 0.717) is 0 Å². The van der Waals surface area contributed by atoms with Crippen molar-refractivity contribution in [1.29, 1.82) is 0 Å². The van der Waals surface area contributed by atoms with Crippen LogP contribution >= 0.6 is 11.8 Å². The predicted octanol–water partition coefficient (Wildman–Crippen LogP) is 1.44. The lowest BCUT2D eigenvalue weighted by atomic mass is 10.1. The molecule has 3 N–H and O–H groups in total. The third-order valence-electron chi connectivity index (χ3n) is 2.72. The summed E-state index contributed by atoms with van der Waals surface area (Å²) >= 11 is 1.06. The third-order valence-corrected chi connectivity index (χ3v) is 3.60. The van der Waals surface area contributed by atoms with Crippen molar-refractivity contribution in [2.24, 2.45) is 0 Å². The smallest absolute Gasteiger partial charge is 0.255 e. The number of hydrogen-bond donors (Lipinski definition) is 3. The van der Waals surface area contributed by atoms with Crippen molar-refractivity contribution < 1.29 is 9.90 Å². The molecule has 1 aromatic carbocycles. The summed E-state index contributed by atoms with van der Waals surface area (Å²) in [4.78, 5) is 29.2. The van der Waals surface area contributed by atoms with Crippen LogP contribution in [0.1, 0.15) is 18.5 Å². The van der Waals surface area contributed by atoms with Gasteiger partial charge >= 0.3 is 0 Å². The average Bonchev–Trinajstić information content (AvgIpc) is 2.45. The Kier molecular flexibility index (Phi) is 4.99. The lowest BCUT2D eigenvalue weighted by Gasteiger charge is -2.13. The number of rotatable bonds is 5. The number of H-pyrrole nitrogens is 1. The minimum absolute atomic E-state index is 0.101. The van der Waals surface area contributed by atoms with Gasteiger partial charge in [0.05, 0.1) is 17.9 Å². The SMILES string of the molecule is C[C@@H](NC(=O)CSc1nc(O)cc(=O)[nH]1)c1ccccc1. The van der Waals surface area contributed by atoms with Gasteiger partial charge in [0, 0.05) is 0 Å². The lowest BCUT2D eigenvalue weighted by molar-refractivity contribution is -0.119. The van der Waals surface area contributed by atoms with Crippen molar-refractivity contribution >= 4 is 17.7 Å². The van der Waals surface area contributed by atoms with Gasteiger partial charge in [-0.2, -0.15) is 4.98 Å². The van der Waals surface area contributed by atoms with E-state index in [9.17, 15) is 14.7 Å². The second-order valence-corrected chi connectivity index (χ2v) is 5.36. The number of aromatic hydroxyl groups is 1. The highest BCUT2D eigenvalue weighted by atomic mass is 32.2. The highest BCUT2D eigenvalue weighted by Crippen LogP contribution is 2.15. The maximum Gasteiger partial charge on any atom is 0.255 e. The fourth-order valence-corrected chi connectivity index (χ4v) is 2.42. The minimum Gasteiger partial charge on any atom is -0.493 e. The molecule has 0 fully saturated rings. The number of benzene rings is 1. The molecule has 1 heterocycles. The molecule has 0 spiro atoms. The van der Waals surface area contributed by atoms with Gasteiger partial charge in [0.15, 0.2) is 5.16 Å². The number of hydrogen-bond acceptors (Lipinski definition) is 5. The first-order valence-electron chi connectivity index (χ1n) is 6.32. The first-order valence-corrected chi connectivity index (χ1v) is 7.30. The van der Waals surface area contributed by atoms with Crippen LogP contribution in [-0.4, -0.2) is 26.7 Å². The molecular formula is C14H15N3O3S. The second-order valence-electron chi connectivity index (χ2n) is 4.40. The molecule has 0 radical (unpaired) electrons. The van der Waals surface area contributed by atoms with Crippen LogP contribution < -0.4 is 10.9 Å². The normalized spacial score (nSPS) is 11.9. The van der Waals surface area contributed by atoms with Gasteiger partial charge in [-0.1, -0.05) is 42.1 Å². The molecule has 2 rings (SSSR count). The summed E-state index contributed by atoms with van der Waals surface area (Å²) in [7, 11) is 0. The van der Waals surface area contributed by atoms with E-state index in [1.807, 2.05) is 37.3 Å². The Morgan fingerprint density at radius 3 is 2.81 bits per heavy atom. The molecule has 2 aromatic rings. The quantitative estimate of drug-likeness (QED) is 0.574. The monoisotopic (exact) mass is 305 g/mol. The van der Waals surface area contributed by atoms with Crippen molar-refractivity contribution in [3.63, 3.8) is 0 Å². The van der Waals surface area contributed by atoms with Gasteiger partial charge in [0.1, 0.15) is 0 Å². The lowest BCUT2D eigenvalue weighted by Crippen LogP contribution is -2.28. The summed E-state index contributed by atoms with van der Waals surface area (Å²) in [5.41, 5.74) is 0.558. The van der Waals surface area contributed by atoms with E-state index in [-0.39, 0.29) is 28.7 Å². The Balaban J connectivity index is 1.89. The molecule has 1 amide bonds. The Bertz CT molecular complexity index is 673. The van der Waals surface area contributed by atoms with Crippen LogP contribution in [0.3, 0.4) is 0 Å². The van der Waals surface area contributed by atoms with Crippen LogP contribution in [0.25, 0.3) is 0 Å². The summed E-state index contributed by atoms with van der Waals surface area (Å²) in [6, 6.07) is 10.5. The maximum absolute atomic E-state index is 11.9. The Morgan fingerprint density at radius 1 is 1.43 bits per heavy atom. The Morgan fingerprint density at radius 2 is 2.14 bits per heavy atom. The fourth-order valence-electron chi connectivity index (χ4n) is 1.73. The third kappa shape index (κ3) is 4.64. The fraction of sp³-hybridized carbons (Fsp3) is 0.214. The van der Waals surface area contributed by atoms with Gasteiger partial charge < -0.3 is 15.4 Å². The summed E-state index contributed by atoms with van der Waals surface area (Å²) in [5.74, 6) is -0.439. The highest BCUT2D eigenvalue weighted by Gasteiger charge is 2.10. The largest absolute Gasteiger partial charge is 0.493 e. The molecule has 0 aliphatic heterocycles. The number of nitrogens with one attached hydrogen (secondary N) is 2. The molecule has 0 saturated heterocycles. The molecular weight excluding hydrogens is 290 g/mol. The van der Waals surface area contributed by atoms with E-state index >= 15 is 0 Å². The van der Waals surface area contributed by atoms with Crippen molar-refractivity contribution in [1.82, 2.24) is 15.3 Å². The molecule has 21 heavy (non-hydrogen) atoms. The Labute approximate surface area is 125 Å². The van der Waals surface area contributed by atoms with Crippen LogP contribution in [0.15, 0.2) is 46.3 Å². The van der Waals surface area contributed by atoms with E-state index in [2.05, 4.69) is 15.3 Å². The average molecular weight is 305 g/mol. The molecule has 1 aromatic heterocycles.